The molecule has 0 amide bonds. The Bertz CT molecular complexity index is 216. The lowest BCUT2D eigenvalue weighted by atomic mass is 10.5. The summed E-state index contributed by atoms with van der Waals surface area (Å²) in [6.45, 7) is 6.57. The summed E-state index contributed by atoms with van der Waals surface area (Å²) in [6.07, 6.45) is 3.76. The molecule has 0 spiro atoms. The van der Waals surface area contributed by atoms with Crippen LogP contribution in [0.15, 0.2) is 17.6 Å². The van der Waals surface area contributed by atoms with Crippen LogP contribution in [0.2, 0.25) is 0 Å². The number of aliphatic imine (C=N–C) groups is 1. The Hall–Kier alpha value is -0.680. The van der Waals surface area contributed by atoms with E-state index in [0.717, 1.165) is 19.6 Å². The van der Waals surface area contributed by atoms with Crippen molar-refractivity contribution < 1.29 is 19.2 Å². The van der Waals surface area contributed by atoms with Crippen molar-refractivity contribution in [1.29, 1.82) is 0 Å². The Kier molecular flexibility index (Phi) is 5.57. The van der Waals surface area contributed by atoms with Gasteiger partial charge in [-0.05, 0) is 0 Å². The highest BCUT2D eigenvalue weighted by molar-refractivity contribution is 7.45. The third-order valence-corrected chi connectivity index (χ3v) is 1.12. The van der Waals surface area contributed by atoms with Crippen molar-refractivity contribution in [2.75, 3.05) is 19.6 Å². The molecule has 76 valence electrons. The van der Waals surface area contributed by atoms with Gasteiger partial charge in [0.1, 0.15) is 0 Å². The van der Waals surface area contributed by atoms with E-state index in [1.54, 1.807) is 0 Å². The van der Waals surface area contributed by atoms with Crippen LogP contribution in [0.4, 0.5) is 0 Å². The SMILES string of the molecule is C=CCN1C=NCC1.O=P(O)(O)O. The molecule has 0 unspecified atom stereocenters. The highest BCUT2D eigenvalue weighted by Crippen LogP contribution is 2.25. The molecule has 0 aliphatic carbocycles. The molecular weight excluding hydrogens is 195 g/mol. The van der Waals surface area contributed by atoms with Crippen molar-refractivity contribution in [3.8, 4) is 0 Å². The Morgan fingerprint density at radius 1 is 1.62 bits per heavy atom. The third kappa shape index (κ3) is 11.3. The van der Waals surface area contributed by atoms with Crippen LogP contribution in [0.1, 0.15) is 0 Å². The van der Waals surface area contributed by atoms with Crippen molar-refractivity contribution in [2.24, 2.45) is 4.99 Å². The molecule has 1 aliphatic rings. The van der Waals surface area contributed by atoms with Gasteiger partial charge in [-0.15, -0.1) is 6.58 Å². The first-order chi connectivity index (χ1) is 5.93. The number of rotatable bonds is 2. The molecule has 1 heterocycles. The molecule has 0 atom stereocenters. The highest BCUT2D eigenvalue weighted by Gasteiger charge is 2.00. The number of nitrogens with zero attached hydrogens (tertiary/aromatic N) is 2. The summed E-state index contributed by atoms with van der Waals surface area (Å²) in [4.78, 5) is 27.7. The molecule has 0 radical (unpaired) electrons. The minimum absolute atomic E-state index is 0.934. The molecule has 1 rings (SSSR count). The van der Waals surface area contributed by atoms with Gasteiger partial charge in [0, 0.05) is 13.1 Å². The van der Waals surface area contributed by atoms with Gasteiger partial charge in [0.15, 0.2) is 0 Å². The molecule has 0 saturated carbocycles. The normalized spacial score (nSPS) is 15.2. The van der Waals surface area contributed by atoms with Gasteiger partial charge in [-0.2, -0.15) is 0 Å². The Morgan fingerprint density at radius 2 is 2.15 bits per heavy atom. The lowest BCUT2D eigenvalue weighted by Gasteiger charge is -2.08. The van der Waals surface area contributed by atoms with E-state index in [9.17, 15) is 0 Å². The van der Waals surface area contributed by atoms with Gasteiger partial charge in [-0.3, -0.25) is 4.99 Å². The molecule has 0 fully saturated rings. The fraction of sp³-hybridized carbons (Fsp3) is 0.500. The molecule has 0 saturated heterocycles. The van der Waals surface area contributed by atoms with Crippen molar-refractivity contribution in [3.63, 3.8) is 0 Å². The van der Waals surface area contributed by atoms with Crippen molar-refractivity contribution in [2.45, 2.75) is 0 Å². The van der Waals surface area contributed by atoms with E-state index >= 15 is 0 Å². The molecule has 3 N–H and O–H groups in total. The predicted octanol–water partition coefficient (Wildman–Crippen LogP) is -0.412. The molecule has 0 bridgehead atoms. The number of hydrogen-bond donors (Lipinski definition) is 3. The van der Waals surface area contributed by atoms with Gasteiger partial charge in [0.25, 0.3) is 0 Å². The standard InChI is InChI=1S/C6H10N2.H3O4P/c1-2-4-8-5-3-7-6-8;1-5(2,3)4/h2,6H,1,3-5H2;(H3,1,2,3,4). The summed E-state index contributed by atoms with van der Waals surface area (Å²) in [5.74, 6) is 0. The number of hydrogen-bond acceptors (Lipinski definition) is 3. The second-order valence-electron chi connectivity index (χ2n) is 2.32. The van der Waals surface area contributed by atoms with E-state index in [1.807, 2.05) is 12.4 Å². The van der Waals surface area contributed by atoms with Crippen LogP contribution in [0.25, 0.3) is 0 Å². The summed E-state index contributed by atoms with van der Waals surface area (Å²) >= 11 is 0. The van der Waals surface area contributed by atoms with Crippen LogP contribution in [0, 0.1) is 0 Å². The summed E-state index contributed by atoms with van der Waals surface area (Å²) in [7, 11) is -4.64. The van der Waals surface area contributed by atoms with E-state index in [1.165, 1.54) is 0 Å². The molecule has 1 aliphatic heterocycles. The zero-order valence-corrected chi connectivity index (χ0v) is 7.97. The van der Waals surface area contributed by atoms with Crippen LogP contribution < -0.4 is 0 Å². The van der Waals surface area contributed by atoms with Crippen LogP contribution in [-0.4, -0.2) is 45.6 Å². The average molecular weight is 208 g/mol. The first-order valence-electron chi connectivity index (χ1n) is 3.56. The predicted molar refractivity (Wildman–Crippen MR) is 49.4 cm³/mol. The van der Waals surface area contributed by atoms with Gasteiger partial charge in [-0.1, -0.05) is 6.08 Å². The minimum atomic E-state index is -4.64. The smallest absolute Gasteiger partial charge is 0.357 e. The second kappa shape index (κ2) is 5.88. The van der Waals surface area contributed by atoms with E-state index < -0.39 is 7.82 Å². The van der Waals surface area contributed by atoms with Crippen LogP contribution in [-0.2, 0) is 4.57 Å². The van der Waals surface area contributed by atoms with Gasteiger partial charge >= 0.3 is 7.82 Å². The molecule has 13 heavy (non-hydrogen) atoms. The summed E-state index contributed by atoms with van der Waals surface area (Å²) < 4.78 is 8.88. The maximum Gasteiger partial charge on any atom is 0.466 e. The maximum absolute atomic E-state index is 8.88. The van der Waals surface area contributed by atoms with E-state index in [0.29, 0.717) is 0 Å². The van der Waals surface area contributed by atoms with Crippen molar-refractivity contribution >= 4 is 14.2 Å². The lowest BCUT2D eigenvalue weighted by Crippen LogP contribution is -2.18. The van der Waals surface area contributed by atoms with Crippen molar-refractivity contribution in [3.05, 3.63) is 12.7 Å². The fourth-order valence-electron chi connectivity index (χ4n) is 0.721. The van der Waals surface area contributed by atoms with E-state index in [-0.39, 0.29) is 0 Å². The highest BCUT2D eigenvalue weighted by atomic mass is 31.2. The fourth-order valence-corrected chi connectivity index (χ4v) is 0.721. The van der Waals surface area contributed by atoms with Crippen LogP contribution >= 0.6 is 7.82 Å². The monoisotopic (exact) mass is 208 g/mol. The topological polar surface area (TPSA) is 93.4 Å². The minimum Gasteiger partial charge on any atom is -0.357 e. The largest absolute Gasteiger partial charge is 0.466 e. The summed E-state index contributed by atoms with van der Waals surface area (Å²) in [5, 5.41) is 0. The molecule has 0 aromatic rings. The second-order valence-corrected chi connectivity index (χ2v) is 3.35. The summed E-state index contributed by atoms with van der Waals surface area (Å²) in [6, 6.07) is 0. The molecule has 0 aromatic carbocycles. The van der Waals surface area contributed by atoms with E-state index in [2.05, 4.69) is 16.5 Å². The zero-order chi connectivity index (χ0) is 10.3. The lowest BCUT2D eigenvalue weighted by molar-refractivity contribution is 0.275. The maximum atomic E-state index is 8.88. The molecule has 6 nitrogen and oxygen atoms in total. The molecule has 7 heteroatoms. The summed E-state index contributed by atoms with van der Waals surface area (Å²) in [5.41, 5.74) is 0. The molecular formula is C6H13N2O4P. The first kappa shape index (κ1) is 12.3. The first-order valence-corrected chi connectivity index (χ1v) is 5.13. The Balaban J connectivity index is 0.000000252. The third-order valence-electron chi connectivity index (χ3n) is 1.12. The van der Waals surface area contributed by atoms with Gasteiger partial charge in [-0.25, -0.2) is 4.57 Å². The van der Waals surface area contributed by atoms with Crippen LogP contribution in [0.5, 0.6) is 0 Å². The Labute approximate surface area is 76.5 Å². The van der Waals surface area contributed by atoms with Crippen molar-refractivity contribution in [1.82, 2.24) is 4.90 Å². The van der Waals surface area contributed by atoms with Gasteiger partial charge < -0.3 is 19.6 Å². The average Bonchev–Trinajstić information content (AvgIpc) is 2.36. The quantitative estimate of drug-likeness (QED) is 0.423. The van der Waals surface area contributed by atoms with Gasteiger partial charge in [0.05, 0.1) is 12.9 Å². The van der Waals surface area contributed by atoms with E-state index in [4.69, 9.17) is 19.2 Å². The van der Waals surface area contributed by atoms with Crippen LogP contribution in [0.3, 0.4) is 0 Å². The zero-order valence-electron chi connectivity index (χ0n) is 7.07. The molecule has 0 aromatic heterocycles. The number of phosphoric acid groups is 1. The Morgan fingerprint density at radius 3 is 2.46 bits per heavy atom. The van der Waals surface area contributed by atoms with Gasteiger partial charge in [0.2, 0.25) is 0 Å².